The number of hydrogen-bond donors (Lipinski definition) is 1. The number of aromatic nitrogens is 1. The summed E-state index contributed by atoms with van der Waals surface area (Å²) in [4.78, 5) is 3.49. The highest BCUT2D eigenvalue weighted by Crippen LogP contribution is 2.30. The second kappa shape index (κ2) is 4.50. The van der Waals surface area contributed by atoms with Crippen molar-refractivity contribution in [3.8, 4) is 0 Å². The van der Waals surface area contributed by atoms with E-state index in [0.717, 1.165) is 6.42 Å². The van der Waals surface area contributed by atoms with Crippen LogP contribution in [-0.2, 0) is 6.42 Å². The molecule has 2 heteroatoms. The molecule has 0 spiro atoms. The van der Waals surface area contributed by atoms with E-state index in [9.17, 15) is 0 Å². The average molecular weight is 277 g/mol. The molecule has 0 amide bonds. The first kappa shape index (κ1) is 11.7. The first-order chi connectivity index (χ1) is 9.83. The third-order valence-corrected chi connectivity index (χ3v) is 4.94. The summed E-state index contributed by atoms with van der Waals surface area (Å²) in [6.45, 7) is 2.17. The van der Waals surface area contributed by atoms with Crippen molar-refractivity contribution in [3.05, 3.63) is 70.7 Å². The van der Waals surface area contributed by atoms with Gasteiger partial charge in [-0.3, -0.25) is 0 Å². The monoisotopic (exact) mass is 277 g/mol. The lowest BCUT2D eigenvalue weighted by atomic mass is 9.99. The fourth-order valence-corrected chi connectivity index (χ4v) is 3.89. The molecule has 1 N–H and O–H groups in total. The molecule has 0 aliphatic rings. The normalized spacial score (nSPS) is 11.4. The standard InChI is InChI=1S/C18H15NS/c1-12-16(18-17(19-12)9-10-20-18)11-14-7-4-6-13-5-2-3-8-15(13)14/h2-10,19H,11H2,1H3. The Kier molecular flexibility index (Phi) is 2.64. The SMILES string of the molecule is Cc1[nH]c2ccsc2c1Cc1cccc2ccccc12. The summed E-state index contributed by atoms with van der Waals surface area (Å²) in [5.41, 5.74) is 5.40. The largest absolute Gasteiger partial charge is 0.358 e. The first-order valence-corrected chi connectivity index (χ1v) is 7.72. The maximum Gasteiger partial charge on any atom is 0.0568 e. The number of fused-ring (bicyclic) bond motifs is 2. The van der Waals surface area contributed by atoms with E-state index in [4.69, 9.17) is 0 Å². The molecule has 0 saturated carbocycles. The maximum absolute atomic E-state index is 3.49. The van der Waals surface area contributed by atoms with Gasteiger partial charge in [0.05, 0.1) is 10.2 Å². The molecule has 1 nitrogen and oxygen atoms in total. The fraction of sp³-hybridized carbons (Fsp3) is 0.111. The van der Waals surface area contributed by atoms with Gasteiger partial charge in [-0.25, -0.2) is 0 Å². The average Bonchev–Trinajstić information content (AvgIpc) is 3.02. The Hall–Kier alpha value is -2.06. The Morgan fingerprint density at radius 3 is 2.80 bits per heavy atom. The number of H-pyrrole nitrogens is 1. The second-order valence-corrected chi connectivity index (χ2v) is 6.12. The number of nitrogens with one attached hydrogen (secondary N) is 1. The number of aryl methyl sites for hydroxylation is 1. The van der Waals surface area contributed by atoms with Crippen molar-refractivity contribution in [2.24, 2.45) is 0 Å². The predicted molar refractivity (Wildman–Crippen MR) is 87.7 cm³/mol. The van der Waals surface area contributed by atoms with Crippen LogP contribution in [0.4, 0.5) is 0 Å². The number of thiophene rings is 1. The van der Waals surface area contributed by atoms with Crippen LogP contribution in [0, 0.1) is 6.92 Å². The Labute approximate surface area is 121 Å². The van der Waals surface area contributed by atoms with E-state index in [1.54, 1.807) is 0 Å². The molecule has 0 radical (unpaired) electrons. The quantitative estimate of drug-likeness (QED) is 0.513. The van der Waals surface area contributed by atoms with E-state index in [0.29, 0.717) is 0 Å². The summed E-state index contributed by atoms with van der Waals surface area (Å²) in [5, 5.41) is 4.84. The van der Waals surface area contributed by atoms with Gasteiger partial charge in [0, 0.05) is 12.1 Å². The lowest BCUT2D eigenvalue weighted by Gasteiger charge is -2.06. The molecule has 4 rings (SSSR count). The van der Waals surface area contributed by atoms with Crippen molar-refractivity contribution < 1.29 is 0 Å². The van der Waals surface area contributed by atoms with Gasteiger partial charge in [-0.15, -0.1) is 11.3 Å². The second-order valence-electron chi connectivity index (χ2n) is 5.21. The van der Waals surface area contributed by atoms with Gasteiger partial charge < -0.3 is 4.98 Å². The minimum absolute atomic E-state index is 0.994. The van der Waals surface area contributed by atoms with Crippen LogP contribution in [0.2, 0.25) is 0 Å². The number of rotatable bonds is 2. The van der Waals surface area contributed by atoms with E-state index in [1.807, 2.05) is 11.3 Å². The molecule has 0 aliphatic carbocycles. The summed E-state index contributed by atoms with van der Waals surface area (Å²) >= 11 is 1.83. The lowest BCUT2D eigenvalue weighted by Crippen LogP contribution is -1.90. The highest BCUT2D eigenvalue weighted by Gasteiger charge is 2.11. The van der Waals surface area contributed by atoms with E-state index in [-0.39, 0.29) is 0 Å². The zero-order valence-corrected chi connectivity index (χ0v) is 12.1. The van der Waals surface area contributed by atoms with Crippen molar-refractivity contribution in [3.63, 3.8) is 0 Å². The molecule has 0 bridgehead atoms. The number of benzene rings is 2. The van der Waals surface area contributed by atoms with Gasteiger partial charge in [-0.1, -0.05) is 42.5 Å². The van der Waals surface area contributed by atoms with Gasteiger partial charge in [0.25, 0.3) is 0 Å². The van der Waals surface area contributed by atoms with E-state index in [1.165, 1.54) is 37.8 Å². The smallest absolute Gasteiger partial charge is 0.0568 e. The van der Waals surface area contributed by atoms with Crippen molar-refractivity contribution >= 4 is 32.3 Å². The molecule has 2 aromatic heterocycles. The molecule has 0 fully saturated rings. The highest BCUT2D eigenvalue weighted by molar-refractivity contribution is 7.17. The number of hydrogen-bond acceptors (Lipinski definition) is 1. The van der Waals surface area contributed by atoms with Crippen LogP contribution in [0.25, 0.3) is 21.0 Å². The summed E-state index contributed by atoms with van der Waals surface area (Å²) < 4.78 is 1.40. The summed E-state index contributed by atoms with van der Waals surface area (Å²) in [6.07, 6.45) is 0.994. The van der Waals surface area contributed by atoms with Crippen LogP contribution in [-0.4, -0.2) is 4.98 Å². The minimum atomic E-state index is 0.994. The Bertz CT molecular complexity index is 893. The Balaban J connectivity index is 1.89. The Morgan fingerprint density at radius 2 is 1.85 bits per heavy atom. The van der Waals surface area contributed by atoms with Crippen molar-refractivity contribution in [1.29, 1.82) is 0 Å². The van der Waals surface area contributed by atoms with Gasteiger partial charge in [0.2, 0.25) is 0 Å². The van der Waals surface area contributed by atoms with Crippen LogP contribution < -0.4 is 0 Å². The molecule has 2 heterocycles. The molecule has 2 aromatic carbocycles. The van der Waals surface area contributed by atoms with E-state index in [2.05, 4.69) is 65.8 Å². The zero-order chi connectivity index (χ0) is 13.5. The van der Waals surface area contributed by atoms with Crippen LogP contribution >= 0.6 is 11.3 Å². The molecule has 0 aliphatic heterocycles. The first-order valence-electron chi connectivity index (χ1n) is 6.84. The zero-order valence-electron chi connectivity index (χ0n) is 11.3. The summed E-state index contributed by atoms with van der Waals surface area (Å²) in [7, 11) is 0. The van der Waals surface area contributed by atoms with Gasteiger partial charge in [0.1, 0.15) is 0 Å². The van der Waals surface area contributed by atoms with E-state index >= 15 is 0 Å². The van der Waals surface area contributed by atoms with Gasteiger partial charge in [0.15, 0.2) is 0 Å². The van der Waals surface area contributed by atoms with Crippen molar-refractivity contribution in [2.45, 2.75) is 13.3 Å². The van der Waals surface area contributed by atoms with Gasteiger partial charge in [-0.05, 0) is 40.3 Å². The molecule has 0 atom stereocenters. The number of aromatic amines is 1. The molecular formula is C18H15NS. The molecular weight excluding hydrogens is 262 g/mol. The van der Waals surface area contributed by atoms with Crippen LogP contribution in [0.3, 0.4) is 0 Å². The lowest BCUT2D eigenvalue weighted by molar-refractivity contribution is 1.16. The highest BCUT2D eigenvalue weighted by atomic mass is 32.1. The Morgan fingerprint density at radius 1 is 1.00 bits per heavy atom. The summed E-state index contributed by atoms with van der Waals surface area (Å²) in [6, 6.07) is 17.4. The van der Waals surface area contributed by atoms with Crippen molar-refractivity contribution in [1.82, 2.24) is 4.98 Å². The van der Waals surface area contributed by atoms with Crippen molar-refractivity contribution in [2.75, 3.05) is 0 Å². The molecule has 0 unspecified atom stereocenters. The molecule has 0 saturated heterocycles. The van der Waals surface area contributed by atoms with Crippen LogP contribution in [0.15, 0.2) is 53.9 Å². The molecule has 20 heavy (non-hydrogen) atoms. The topological polar surface area (TPSA) is 15.8 Å². The minimum Gasteiger partial charge on any atom is -0.358 e. The van der Waals surface area contributed by atoms with E-state index < -0.39 is 0 Å². The molecule has 98 valence electrons. The fourth-order valence-electron chi connectivity index (χ4n) is 2.94. The third kappa shape index (κ3) is 1.76. The molecule has 4 aromatic rings. The van der Waals surface area contributed by atoms with Gasteiger partial charge in [-0.2, -0.15) is 0 Å². The summed E-state index contributed by atoms with van der Waals surface area (Å²) in [5.74, 6) is 0. The van der Waals surface area contributed by atoms with Gasteiger partial charge >= 0.3 is 0 Å². The van der Waals surface area contributed by atoms with Crippen LogP contribution in [0.1, 0.15) is 16.8 Å². The predicted octanol–water partition coefficient (Wildman–Crippen LogP) is 5.28. The van der Waals surface area contributed by atoms with Crippen LogP contribution in [0.5, 0.6) is 0 Å². The third-order valence-electron chi connectivity index (χ3n) is 3.96. The maximum atomic E-state index is 3.49.